The fourth-order valence-electron chi connectivity index (χ4n) is 1.86. The van der Waals surface area contributed by atoms with Gasteiger partial charge in [0.25, 0.3) is 0 Å². The molecule has 0 heterocycles. The van der Waals surface area contributed by atoms with Gasteiger partial charge in [-0.1, -0.05) is 12.7 Å². The van der Waals surface area contributed by atoms with E-state index in [1.807, 2.05) is 6.92 Å². The van der Waals surface area contributed by atoms with Gasteiger partial charge in [0.15, 0.2) is 11.5 Å². The smallest absolute Gasteiger partial charge is 0.207 e. The number of hydrogen-bond donors (Lipinski definition) is 0. The van der Waals surface area contributed by atoms with E-state index in [0.717, 1.165) is 11.1 Å². The van der Waals surface area contributed by atoms with Crippen molar-refractivity contribution < 1.29 is 18.9 Å². The van der Waals surface area contributed by atoms with Gasteiger partial charge in [-0.25, -0.2) is 0 Å². The van der Waals surface area contributed by atoms with Crippen molar-refractivity contribution in [2.45, 2.75) is 6.92 Å². The molecule has 0 saturated heterocycles. The zero-order valence-electron chi connectivity index (χ0n) is 10.9. The lowest BCUT2D eigenvalue weighted by Gasteiger charge is -2.19. The third-order valence-electron chi connectivity index (χ3n) is 2.63. The van der Waals surface area contributed by atoms with E-state index >= 15 is 0 Å². The van der Waals surface area contributed by atoms with Crippen LogP contribution in [0.5, 0.6) is 23.0 Å². The van der Waals surface area contributed by atoms with Gasteiger partial charge < -0.3 is 18.9 Å². The Morgan fingerprint density at radius 1 is 0.765 bits per heavy atom. The van der Waals surface area contributed by atoms with Gasteiger partial charge in [-0.05, 0) is 6.92 Å². The van der Waals surface area contributed by atoms with Gasteiger partial charge in [-0.15, -0.1) is 0 Å². The molecule has 0 fully saturated rings. The van der Waals surface area contributed by atoms with E-state index in [1.54, 1.807) is 34.5 Å². The molecule has 0 atom stereocenters. The minimum absolute atomic E-state index is 0.507. The predicted octanol–water partition coefficient (Wildman–Crippen LogP) is 2.67. The Hall–Kier alpha value is -1.84. The lowest BCUT2D eigenvalue weighted by molar-refractivity contribution is 0.304. The van der Waals surface area contributed by atoms with Crippen molar-refractivity contribution >= 4 is 6.08 Å². The highest BCUT2D eigenvalue weighted by Crippen LogP contribution is 2.49. The van der Waals surface area contributed by atoms with Crippen molar-refractivity contribution in [3.8, 4) is 23.0 Å². The van der Waals surface area contributed by atoms with Gasteiger partial charge in [-0.3, -0.25) is 0 Å². The number of methoxy groups -OCH3 is 4. The number of benzene rings is 1. The third kappa shape index (κ3) is 2.02. The molecule has 4 nitrogen and oxygen atoms in total. The largest absolute Gasteiger partial charge is 0.492 e. The van der Waals surface area contributed by atoms with Crippen molar-refractivity contribution in [1.82, 2.24) is 0 Å². The maximum Gasteiger partial charge on any atom is 0.207 e. The summed E-state index contributed by atoms with van der Waals surface area (Å²) in [6, 6.07) is 0. The Labute approximate surface area is 102 Å². The van der Waals surface area contributed by atoms with E-state index in [2.05, 4.69) is 6.58 Å². The average Bonchev–Trinajstić information content (AvgIpc) is 2.36. The summed E-state index contributed by atoms with van der Waals surface area (Å²) in [6.45, 7) is 5.69. The van der Waals surface area contributed by atoms with Crippen molar-refractivity contribution in [3.63, 3.8) is 0 Å². The zero-order valence-corrected chi connectivity index (χ0v) is 10.9. The molecule has 0 aromatic heterocycles. The second-order valence-corrected chi connectivity index (χ2v) is 3.38. The minimum Gasteiger partial charge on any atom is -0.492 e. The zero-order chi connectivity index (χ0) is 13.0. The van der Waals surface area contributed by atoms with Crippen LogP contribution in [0, 0.1) is 6.92 Å². The lowest BCUT2D eigenvalue weighted by Crippen LogP contribution is -2.02. The van der Waals surface area contributed by atoms with Crippen LogP contribution in [0.15, 0.2) is 6.58 Å². The molecule has 0 radical (unpaired) electrons. The van der Waals surface area contributed by atoms with Gasteiger partial charge in [0, 0.05) is 11.1 Å². The summed E-state index contributed by atoms with van der Waals surface area (Å²) in [6.07, 6.45) is 1.71. The van der Waals surface area contributed by atoms with E-state index in [9.17, 15) is 0 Å². The summed E-state index contributed by atoms with van der Waals surface area (Å²) in [7, 11) is 6.29. The predicted molar refractivity (Wildman–Crippen MR) is 67.5 cm³/mol. The van der Waals surface area contributed by atoms with Gasteiger partial charge in [0.05, 0.1) is 28.4 Å². The first kappa shape index (κ1) is 13.2. The molecule has 94 valence electrons. The van der Waals surface area contributed by atoms with Crippen molar-refractivity contribution in [3.05, 3.63) is 17.7 Å². The van der Waals surface area contributed by atoms with E-state index in [4.69, 9.17) is 18.9 Å². The fourth-order valence-corrected chi connectivity index (χ4v) is 1.86. The summed E-state index contributed by atoms with van der Waals surface area (Å²) < 4.78 is 21.3. The highest BCUT2D eigenvalue weighted by molar-refractivity contribution is 5.74. The standard InChI is InChI=1S/C13H18O4/c1-7-9-8(2)10(14-3)12(16-5)13(17-6)11(9)15-4/h7H,1H2,2-6H3. The van der Waals surface area contributed by atoms with E-state index in [1.165, 1.54) is 0 Å². The SMILES string of the molecule is C=Cc1c(C)c(OC)c(OC)c(OC)c1OC. The highest BCUT2D eigenvalue weighted by atomic mass is 16.5. The topological polar surface area (TPSA) is 36.9 Å². The Balaban J connectivity index is 3.72. The average molecular weight is 238 g/mol. The molecule has 1 rings (SSSR count). The molecular weight excluding hydrogens is 220 g/mol. The minimum atomic E-state index is 0.507. The first-order valence-electron chi connectivity index (χ1n) is 5.15. The molecule has 0 aliphatic rings. The maximum atomic E-state index is 5.35. The Morgan fingerprint density at radius 3 is 1.53 bits per heavy atom. The molecule has 0 saturated carbocycles. The quantitative estimate of drug-likeness (QED) is 0.790. The molecule has 1 aromatic rings. The summed E-state index contributed by atoms with van der Waals surface area (Å²) in [5.41, 5.74) is 1.74. The van der Waals surface area contributed by atoms with Crippen LogP contribution >= 0.6 is 0 Å². The summed E-state index contributed by atoms with van der Waals surface area (Å²) in [5.74, 6) is 2.25. The van der Waals surface area contributed by atoms with Crippen LogP contribution in [-0.2, 0) is 0 Å². The Kier molecular flexibility index (Phi) is 4.26. The second kappa shape index (κ2) is 5.48. The number of rotatable bonds is 5. The van der Waals surface area contributed by atoms with E-state index < -0.39 is 0 Å². The molecule has 0 unspecified atom stereocenters. The van der Waals surface area contributed by atoms with Crippen LogP contribution in [0.25, 0.3) is 6.08 Å². The first-order valence-corrected chi connectivity index (χ1v) is 5.15. The summed E-state index contributed by atoms with van der Waals surface area (Å²) in [5, 5.41) is 0. The molecule has 0 spiro atoms. The molecular formula is C13H18O4. The van der Waals surface area contributed by atoms with Gasteiger partial charge in [0.2, 0.25) is 11.5 Å². The monoisotopic (exact) mass is 238 g/mol. The third-order valence-corrected chi connectivity index (χ3v) is 2.63. The van der Waals surface area contributed by atoms with Gasteiger partial charge >= 0.3 is 0 Å². The molecule has 17 heavy (non-hydrogen) atoms. The van der Waals surface area contributed by atoms with Gasteiger partial charge in [-0.2, -0.15) is 0 Å². The molecule has 0 N–H and O–H groups in total. The van der Waals surface area contributed by atoms with E-state index in [0.29, 0.717) is 23.0 Å². The Bertz CT molecular complexity index is 424. The normalized spacial score (nSPS) is 9.71. The second-order valence-electron chi connectivity index (χ2n) is 3.38. The molecule has 0 amide bonds. The Morgan fingerprint density at radius 2 is 1.18 bits per heavy atom. The van der Waals surface area contributed by atoms with Crippen LogP contribution in [0.1, 0.15) is 11.1 Å². The van der Waals surface area contributed by atoms with Crippen molar-refractivity contribution in [2.24, 2.45) is 0 Å². The molecule has 0 aliphatic heterocycles. The summed E-state index contributed by atoms with van der Waals surface area (Å²) in [4.78, 5) is 0. The number of ether oxygens (including phenoxy) is 4. The summed E-state index contributed by atoms with van der Waals surface area (Å²) >= 11 is 0. The number of hydrogen-bond acceptors (Lipinski definition) is 4. The fraction of sp³-hybridized carbons (Fsp3) is 0.385. The molecule has 1 aromatic carbocycles. The van der Waals surface area contributed by atoms with E-state index in [-0.39, 0.29) is 0 Å². The van der Waals surface area contributed by atoms with Crippen LogP contribution in [0.4, 0.5) is 0 Å². The molecule has 0 bridgehead atoms. The van der Waals surface area contributed by atoms with Crippen molar-refractivity contribution in [1.29, 1.82) is 0 Å². The highest BCUT2D eigenvalue weighted by Gasteiger charge is 2.23. The van der Waals surface area contributed by atoms with Crippen LogP contribution in [0.3, 0.4) is 0 Å². The van der Waals surface area contributed by atoms with Crippen LogP contribution in [0.2, 0.25) is 0 Å². The van der Waals surface area contributed by atoms with Gasteiger partial charge in [0.1, 0.15) is 0 Å². The van der Waals surface area contributed by atoms with Crippen LogP contribution in [-0.4, -0.2) is 28.4 Å². The first-order chi connectivity index (χ1) is 8.15. The molecule has 0 aliphatic carbocycles. The van der Waals surface area contributed by atoms with Crippen molar-refractivity contribution in [2.75, 3.05) is 28.4 Å². The molecule has 4 heteroatoms. The maximum absolute atomic E-state index is 5.35. The lowest BCUT2D eigenvalue weighted by atomic mass is 10.0. The van der Waals surface area contributed by atoms with Crippen LogP contribution < -0.4 is 18.9 Å².